The third kappa shape index (κ3) is 2.64. The first-order valence-corrected chi connectivity index (χ1v) is 6.22. The Bertz CT molecular complexity index is 518. The van der Waals surface area contributed by atoms with Gasteiger partial charge in [-0.3, -0.25) is 14.9 Å². The molecule has 2 heterocycles. The van der Waals surface area contributed by atoms with Gasteiger partial charge in [0.25, 0.3) is 11.6 Å². The molecule has 1 saturated heterocycles. The van der Waals surface area contributed by atoms with Gasteiger partial charge in [0.1, 0.15) is 17.6 Å². The molecule has 1 unspecified atom stereocenters. The van der Waals surface area contributed by atoms with Gasteiger partial charge in [0.05, 0.1) is 4.92 Å². The van der Waals surface area contributed by atoms with Crippen LogP contribution in [-0.2, 0) is 0 Å². The van der Waals surface area contributed by atoms with Crippen LogP contribution < -0.4 is 5.73 Å². The summed E-state index contributed by atoms with van der Waals surface area (Å²) in [6.45, 7) is 3.36. The van der Waals surface area contributed by atoms with E-state index in [0.29, 0.717) is 19.0 Å². The third-order valence-electron chi connectivity index (χ3n) is 3.48. The predicted molar refractivity (Wildman–Crippen MR) is 69.6 cm³/mol. The van der Waals surface area contributed by atoms with E-state index < -0.39 is 4.92 Å². The zero-order valence-electron chi connectivity index (χ0n) is 10.7. The van der Waals surface area contributed by atoms with E-state index in [1.807, 2.05) is 0 Å². The molecule has 7 nitrogen and oxygen atoms in total. The van der Waals surface area contributed by atoms with Gasteiger partial charge >= 0.3 is 0 Å². The summed E-state index contributed by atoms with van der Waals surface area (Å²) in [5.41, 5.74) is 5.24. The quantitative estimate of drug-likeness (QED) is 0.657. The fourth-order valence-corrected chi connectivity index (χ4v) is 2.30. The van der Waals surface area contributed by atoms with Crippen molar-refractivity contribution in [1.29, 1.82) is 0 Å². The monoisotopic (exact) mass is 264 g/mol. The third-order valence-corrected chi connectivity index (χ3v) is 3.48. The lowest BCUT2D eigenvalue weighted by atomic mass is 10.1. The highest BCUT2D eigenvalue weighted by atomic mass is 16.6. The zero-order chi connectivity index (χ0) is 14.0. The van der Waals surface area contributed by atoms with Crippen molar-refractivity contribution < 1.29 is 9.72 Å². The van der Waals surface area contributed by atoms with Crippen molar-refractivity contribution in [2.45, 2.75) is 19.8 Å². The van der Waals surface area contributed by atoms with E-state index in [4.69, 9.17) is 5.73 Å². The van der Waals surface area contributed by atoms with Crippen LogP contribution in [0.4, 0.5) is 11.5 Å². The zero-order valence-corrected chi connectivity index (χ0v) is 10.7. The lowest BCUT2D eigenvalue weighted by molar-refractivity contribution is -0.385. The molecule has 0 saturated carbocycles. The average Bonchev–Trinajstić information content (AvgIpc) is 2.86. The highest BCUT2D eigenvalue weighted by Crippen LogP contribution is 2.25. The molecule has 1 fully saturated rings. The number of pyridine rings is 1. The maximum Gasteiger partial charge on any atom is 0.300 e. The molecule has 1 aliphatic heterocycles. The second-order valence-corrected chi connectivity index (χ2v) is 4.70. The van der Waals surface area contributed by atoms with Gasteiger partial charge in [-0.25, -0.2) is 4.98 Å². The van der Waals surface area contributed by atoms with Crippen molar-refractivity contribution in [3.63, 3.8) is 0 Å². The minimum absolute atomic E-state index is 0.0225. The molecule has 2 rings (SSSR count). The predicted octanol–water partition coefficient (Wildman–Crippen LogP) is 1.44. The summed E-state index contributed by atoms with van der Waals surface area (Å²) in [5, 5.41) is 10.9. The molecule has 0 aromatic carbocycles. The Morgan fingerprint density at radius 3 is 3.00 bits per heavy atom. The summed E-state index contributed by atoms with van der Waals surface area (Å²) >= 11 is 0. The van der Waals surface area contributed by atoms with Crippen molar-refractivity contribution in [2.75, 3.05) is 18.8 Å². The van der Waals surface area contributed by atoms with E-state index >= 15 is 0 Å². The molecule has 19 heavy (non-hydrogen) atoms. The van der Waals surface area contributed by atoms with Crippen LogP contribution in [0.3, 0.4) is 0 Å². The minimum Gasteiger partial charge on any atom is -0.384 e. The maximum atomic E-state index is 12.3. The van der Waals surface area contributed by atoms with Crippen LogP contribution in [0.1, 0.15) is 30.1 Å². The highest BCUT2D eigenvalue weighted by molar-refractivity contribution is 5.98. The van der Waals surface area contributed by atoms with E-state index in [1.54, 1.807) is 4.90 Å². The van der Waals surface area contributed by atoms with E-state index in [9.17, 15) is 14.9 Å². The number of aromatic nitrogens is 1. The standard InChI is InChI=1S/C12H16N4O3/c1-2-8-3-4-15(7-8)12(17)9-5-11(13)14-6-10(9)16(18)19/h5-6,8H,2-4,7H2,1H3,(H2,13,14). The van der Waals surface area contributed by atoms with Crippen molar-refractivity contribution in [1.82, 2.24) is 9.88 Å². The summed E-state index contributed by atoms with van der Waals surface area (Å²) in [7, 11) is 0. The number of rotatable bonds is 3. The number of nitrogens with two attached hydrogens (primary N) is 1. The lowest BCUT2D eigenvalue weighted by Crippen LogP contribution is -2.29. The van der Waals surface area contributed by atoms with Crippen molar-refractivity contribution >= 4 is 17.4 Å². The average molecular weight is 264 g/mol. The number of nitrogens with zero attached hydrogens (tertiary/aromatic N) is 3. The Morgan fingerprint density at radius 1 is 1.68 bits per heavy atom. The normalized spacial score (nSPS) is 18.6. The molecule has 1 aromatic rings. The van der Waals surface area contributed by atoms with Crippen LogP contribution in [0.2, 0.25) is 0 Å². The van der Waals surface area contributed by atoms with Crippen LogP contribution in [0.15, 0.2) is 12.3 Å². The molecule has 1 amide bonds. The molecule has 2 N–H and O–H groups in total. The fraction of sp³-hybridized carbons (Fsp3) is 0.500. The summed E-state index contributed by atoms with van der Waals surface area (Å²) in [4.78, 5) is 28.0. The first-order chi connectivity index (χ1) is 9.02. The lowest BCUT2D eigenvalue weighted by Gasteiger charge is -2.16. The smallest absolute Gasteiger partial charge is 0.300 e. The SMILES string of the molecule is CCC1CCN(C(=O)c2cc(N)ncc2[N+](=O)[O-])C1. The van der Waals surface area contributed by atoms with Gasteiger partial charge in [-0.05, 0) is 18.4 Å². The van der Waals surface area contributed by atoms with E-state index in [0.717, 1.165) is 19.0 Å². The van der Waals surface area contributed by atoms with Gasteiger partial charge in [0, 0.05) is 13.1 Å². The van der Waals surface area contributed by atoms with Crippen LogP contribution in [0, 0.1) is 16.0 Å². The fourth-order valence-electron chi connectivity index (χ4n) is 2.30. The van der Waals surface area contributed by atoms with E-state index in [2.05, 4.69) is 11.9 Å². The van der Waals surface area contributed by atoms with E-state index in [-0.39, 0.29) is 23.0 Å². The van der Waals surface area contributed by atoms with Crippen molar-refractivity contribution in [2.24, 2.45) is 5.92 Å². The Hall–Kier alpha value is -2.18. The molecular formula is C12H16N4O3. The van der Waals surface area contributed by atoms with Gasteiger partial charge in [-0.15, -0.1) is 0 Å². The molecule has 102 valence electrons. The summed E-state index contributed by atoms with van der Waals surface area (Å²) in [6.07, 6.45) is 2.98. The van der Waals surface area contributed by atoms with Crippen LogP contribution in [-0.4, -0.2) is 33.8 Å². The summed E-state index contributed by atoms with van der Waals surface area (Å²) in [5.74, 6) is 0.249. The number of hydrogen-bond acceptors (Lipinski definition) is 5. The molecule has 0 spiro atoms. The van der Waals surface area contributed by atoms with Gasteiger partial charge in [0.2, 0.25) is 0 Å². The molecule has 0 bridgehead atoms. The largest absolute Gasteiger partial charge is 0.384 e. The maximum absolute atomic E-state index is 12.3. The van der Waals surface area contributed by atoms with Gasteiger partial charge in [0.15, 0.2) is 0 Å². The summed E-state index contributed by atoms with van der Waals surface area (Å²) < 4.78 is 0. The number of nitro groups is 1. The topological polar surface area (TPSA) is 102 Å². The molecular weight excluding hydrogens is 248 g/mol. The highest BCUT2D eigenvalue weighted by Gasteiger charge is 2.30. The van der Waals surface area contributed by atoms with Gasteiger partial charge in [-0.1, -0.05) is 13.3 Å². The number of likely N-dealkylation sites (tertiary alicyclic amines) is 1. The molecule has 1 atom stereocenters. The van der Waals surface area contributed by atoms with Crippen LogP contribution >= 0.6 is 0 Å². The number of nitrogen functional groups attached to an aromatic ring is 1. The number of amides is 1. The Labute approximate surface area is 110 Å². The molecule has 7 heteroatoms. The second kappa shape index (κ2) is 5.21. The van der Waals surface area contributed by atoms with E-state index in [1.165, 1.54) is 6.07 Å². The van der Waals surface area contributed by atoms with Gasteiger partial charge in [-0.2, -0.15) is 0 Å². The van der Waals surface area contributed by atoms with Crippen LogP contribution in [0.25, 0.3) is 0 Å². The Balaban J connectivity index is 2.28. The molecule has 0 aliphatic carbocycles. The Kier molecular flexibility index (Phi) is 3.64. The molecule has 0 radical (unpaired) electrons. The minimum atomic E-state index is -0.604. The number of anilines is 1. The van der Waals surface area contributed by atoms with Gasteiger partial charge < -0.3 is 10.6 Å². The van der Waals surface area contributed by atoms with Crippen molar-refractivity contribution in [3.8, 4) is 0 Å². The second-order valence-electron chi connectivity index (χ2n) is 4.70. The van der Waals surface area contributed by atoms with Crippen molar-refractivity contribution in [3.05, 3.63) is 27.9 Å². The first-order valence-electron chi connectivity index (χ1n) is 6.22. The molecule has 1 aliphatic rings. The Morgan fingerprint density at radius 2 is 2.42 bits per heavy atom. The first kappa shape index (κ1) is 13.3. The van der Waals surface area contributed by atoms with Crippen LogP contribution in [0.5, 0.6) is 0 Å². The number of hydrogen-bond donors (Lipinski definition) is 1. The summed E-state index contributed by atoms with van der Waals surface area (Å²) in [6, 6.07) is 1.28. The molecule has 1 aromatic heterocycles. The number of carbonyl (C=O) groups is 1. The number of carbonyl (C=O) groups excluding carboxylic acids is 1.